The summed E-state index contributed by atoms with van der Waals surface area (Å²) in [6, 6.07) is 10.3. The van der Waals surface area contributed by atoms with Crippen LogP contribution in [0, 0.1) is 11.7 Å². The highest BCUT2D eigenvalue weighted by Crippen LogP contribution is 2.18. The largest absolute Gasteiger partial charge is 0.494 e. The first kappa shape index (κ1) is 18.2. The third-order valence-electron chi connectivity index (χ3n) is 3.72. The number of aromatic nitrogens is 3. The quantitative estimate of drug-likeness (QED) is 0.364. The lowest BCUT2D eigenvalue weighted by molar-refractivity contribution is 0.0955. The standard InChI is InChI=1S/C18H15N5O3S/c1-11-2-4-13(5-3-11)23-17(26)14(16(25)21-18(23)27)10-20-22-15(24)12-6-8-19-9-7-12/h2-10,26H,1H3,(H,22,24)(H,21,25,27)/b20-10+. The van der Waals surface area contributed by atoms with E-state index in [2.05, 4.69) is 20.5 Å². The third-order valence-corrected chi connectivity index (χ3v) is 4.00. The minimum Gasteiger partial charge on any atom is -0.494 e. The lowest BCUT2D eigenvalue weighted by Gasteiger charge is -2.11. The van der Waals surface area contributed by atoms with E-state index in [0.717, 1.165) is 11.8 Å². The van der Waals surface area contributed by atoms with E-state index >= 15 is 0 Å². The molecule has 0 spiro atoms. The van der Waals surface area contributed by atoms with Crippen molar-refractivity contribution in [2.75, 3.05) is 0 Å². The van der Waals surface area contributed by atoms with Gasteiger partial charge >= 0.3 is 0 Å². The van der Waals surface area contributed by atoms with Crippen LogP contribution in [0.25, 0.3) is 5.69 Å². The number of carbonyl (C=O) groups is 1. The zero-order valence-corrected chi connectivity index (χ0v) is 15.0. The molecule has 0 atom stereocenters. The average molecular weight is 381 g/mol. The Morgan fingerprint density at radius 1 is 1.26 bits per heavy atom. The van der Waals surface area contributed by atoms with Gasteiger partial charge in [0.05, 0.1) is 11.9 Å². The van der Waals surface area contributed by atoms with Crippen molar-refractivity contribution in [2.24, 2.45) is 5.10 Å². The molecule has 0 saturated heterocycles. The Balaban J connectivity index is 1.93. The Morgan fingerprint density at radius 3 is 2.59 bits per heavy atom. The molecule has 0 aliphatic carbocycles. The van der Waals surface area contributed by atoms with Crippen LogP contribution in [0.15, 0.2) is 58.7 Å². The minimum absolute atomic E-state index is 0.0410. The van der Waals surface area contributed by atoms with E-state index in [1.807, 2.05) is 19.1 Å². The fourth-order valence-corrected chi connectivity index (χ4v) is 2.60. The Labute approximate surface area is 158 Å². The summed E-state index contributed by atoms with van der Waals surface area (Å²) >= 11 is 5.15. The average Bonchev–Trinajstić information content (AvgIpc) is 2.66. The number of amides is 1. The summed E-state index contributed by atoms with van der Waals surface area (Å²) in [6.45, 7) is 1.93. The molecule has 1 amide bonds. The fraction of sp³-hybridized carbons (Fsp3) is 0.0556. The van der Waals surface area contributed by atoms with Crippen molar-refractivity contribution in [3.63, 3.8) is 0 Å². The van der Waals surface area contributed by atoms with Gasteiger partial charge < -0.3 is 5.11 Å². The number of carbonyl (C=O) groups excluding carboxylic acids is 1. The number of hydrazone groups is 1. The molecule has 3 rings (SSSR count). The zero-order chi connectivity index (χ0) is 19.4. The van der Waals surface area contributed by atoms with E-state index in [4.69, 9.17) is 12.2 Å². The number of hydrogen-bond donors (Lipinski definition) is 3. The van der Waals surface area contributed by atoms with Gasteiger partial charge in [0.25, 0.3) is 11.5 Å². The maximum absolute atomic E-state index is 12.1. The van der Waals surface area contributed by atoms with Crippen LogP contribution in [0.4, 0.5) is 0 Å². The van der Waals surface area contributed by atoms with Crippen molar-refractivity contribution in [3.05, 3.63) is 80.6 Å². The molecule has 0 saturated carbocycles. The van der Waals surface area contributed by atoms with Gasteiger partial charge in [-0.2, -0.15) is 5.10 Å². The van der Waals surface area contributed by atoms with Crippen molar-refractivity contribution < 1.29 is 9.90 Å². The van der Waals surface area contributed by atoms with Gasteiger partial charge in [0.1, 0.15) is 5.56 Å². The summed E-state index contributed by atoms with van der Waals surface area (Å²) in [5.74, 6) is -0.856. The number of hydrogen-bond acceptors (Lipinski definition) is 6. The maximum atomic E-state index is 12.1. The van der Waals surface area contributed by atoms with E-state index in [0.29, 0.717) is 11.3 Å². The summed E-state index contributed by atoms with van der Waals surface area (Å²) in [5, 5.41) is 14.3. The molecule has 1 aromatic carbocycles. The molecule has 0 fully saturated rings. The molecule has 0 aliphatic heterocycles. The van der Waals surface area contributed by atoms with E-state index in [9.17, 15) is 14.7 Å². The molecule has 2 aromatic heterocycles. The molecule has 0 unspecified atom stereocenters. The normalized spacial score (nSPS) is 10.9. The Hall–Kier alpha value is -3.59. The number of aromatic hydroxyl groups is 1. The monoisotopic (exact) mass is 381 g/mol. The first-order valence-corrected chi connectivity index (χ1v) is 8.27. The molecule has 9 heteroatoms. The SMILES string of the molecule is Cc1ccc(-n2c(O)c(/C=N/NC(=O)c3ccncc3)c(=O)[nH]c2=S)cc1. The van der Waals surface area contributed by atoms with Crippen LogP contribution < -0.4 is 11.0 Å². The highest BCUT2D eigenvalue weighted by Gasteiger charge is 2.13. The summed E-state index contributed by atoms with van der Waals surface area (Å²) in [6.07, 6.45) is 4.01. The van der Waals surface area contributed by atoms with Gasteiger partial charge in [0.2, 0.25) is 5.88 Å². The number of rotatable bonds is 4. The number of benzene rings is 1. The number of nitrogens with zero attached hydrogens (tertiary/aromatic N) is 3. The molecule has 3 N–H and O–H groups in total. The second-order valence-electron chi connectivity index (χ2n) is 5.60. The van der Waals surface area contributed by atoms with Gasteiger partial charge in [-0.05, 0) is 43.4 Å². The van der Waals surface area contributed by atoms with Crippen LogP contribution in [0.2, 0.25) is 0 Å². The van der Waals surface area contributed by atoms with Crippen molar-refractivity contribution in [1.82, 2.24) is 20.0 Å². The van der Waals surface area contributed by atoms with Gasteiger partial charge in [0, 0.05) is 18.0 Å². The molecule has 2 heterocycles. The first-order chi connectivity index (χ1) is 13.0. The van der Waals surface area contributed by atoms with Crippen LogP contribution in [0.1, 0.15) is 21.5 Å². The van der Waals surface area contributed by atoms with Crippen LogP contribution >= 0.6 is 12.2 Å². The van der Waals surface area contributed by atoms with Crippen molar-refractivity contribution >= 4 is 24.3 Å². The second-order valence-corrected chi connectivity index (χ2v) is 5.99. The lowest BCUT2D eigenvalue weighted by Crippen LogP contribution is -2.21. The maximum Gasteiger partial charge on any atom is 0.271 e. The summed E-state index contributed by atoms with van der Waals surface area (Å²) in [4.78, 5) is 30.4. The molecule has 8 nitrogen and oxygen atoms in total. The number of pyridine rings is 1. The predicted octanol–water partition coefficient (Wildman–Crippen LogP) is 2.07. The van der Waals surface area contributed by atoms with Gasteiger partial charge in [-0.15, -0.1) is 0 Å². The van der Waals surface area contributed by atoms with E-state index in [1.54, 1.807) is 12.1 Å². The topological polar surface area (TPSA) is 112 Å². The smallest absolute Gasteiger partial charge is 0.271 e. The van der Waals surface area contributed by atoms with Crippen molar-refractivity contribution in [2.45, 2.75) is 6.92 Å². The Morgan fingerprint density at radius 2 is 1.93 bits per heavy atom. The van der Waals surface area contributed by atoms with Gasteiger partial charge in [-0.1, -0.05) is 17.7 Å². The van der Waals surface area contributed by atoms with Crippen LogP contribution in [0.5, 0.6) is 5.88 Å². The minimum atomic E-state index is -0.622. The van der Waals surface area contributed by atoms with E-state index < -0.39 is 11.5 Å². The van der Waals surface area contributed by atoms with E-state index in [1.165, 1.54) is 29.1 Å². The first-order valence-electron chi connectivity index (χ1n) is 7.86. The van der Waals surface area contributed by atoms with Crippen molar-refractivity contribution in [1.29, 1.82) is 0 Å². The third kappa shape index (κ3) is 3.98. The number of nitrogens with one attached hydrogen (secondary N) is 2. The van der Waals surface area contributed by atoms with Crippen molar-refractivity contribution in [3.8, 4) is 11.6 Å². The second kappa shape index (κ2) is 7.75. The molecule has 27 heavy (non-hydrogen) atoms. The molecule has 136 valence electrons. The van der Waals surface area contributed by atoms with Crippen LogP contribution in [0.3, 0.4) is 0 Å². The molecule has 0 radical (unpaired) electrons. The molecule has 0 aliphatic rings. The van der Waals surface area contributed by atoms with Gasteiger partial charge in [-0.3, -0.25) is 24.1 Å². The summed E-state index contributed by atoms with van der Waals surface area (Å²) in [5.41, 5.74) is 3.50. The fourth-order valence-electron chi connectivity index (χ4n) is 2.31. The Bertz CT molecular complexity index is 1120. The van der Waals surface area contributed by atoms with Gasteiger partial charge in [-0.25, -0.2) is 5.43 Å². The van der Waals surface area contributed by atoms with E-state index in [-0.39, 0.29) is 16.2 Å². The van der Waals surface area contributed by atoms with Gasteiger partial charge in [0.15, 0.2) is 4.77 Å². The molecule has 0 bridgehead atoms. The molecular formula is C18H15N5O3S. The number of aryl methyl sites for hydroxylation is 1. The number of H-pyrrole nitrogens is 1. The highest BCUT2D eigenvalue weighted by atomic mass is 32.1. The molecule has 3 aromatic rings. The zero-order valence-electron chi connectivity index (χ0n) is 14.2. The molecular weight excluding hydrogens is 366 g/mol. The summed E-state index contributed by atoms with van der Waals surface area (Å²) < 4.78 is 1.35. The predicted molar refractivity (Wildman–Crippen MR) is 103 cm³/mol. The highest BCUT2D eigenvalue weighted by molar-refractivity contribution is 7.71. The number of aromatic amines is 1. The van der Waals surface area contributed by atoms with Crippen LogP contribution in [-0.2, 0) is 0 Å². The summed E-state index contributed by atoms with van der Waals surface area (Å²) in [7, 11) is 0. The lowest BCUT2D eigenvalue weighted by atomic mass is 10.2. The Kier molecular flexibility index (Phi) is 5.23. The van der Waals surface area contributed by atoms with Crippen LogP contribution in [-0.4, -0.2) is 31.8 Å².